The molecule has 10 heteroatoms. The smallest absolute Gasteiger partial charge is 0.211 e. The van der Waals surface area contributed by atoms with Crippen molar-refractivity contribution in [3.63, 3.8) is 0 Å². The topological polar surface area (TPSA) is 87.5 Å². The van der Waals surface area contributed by atoms with Gasteiger partial charge >= 0.3 is 0 Å². The minimum Gasteiger partial charge on any atom is -0.495 e. The summed E-state index contributed by atoms with van der Waals surface area (Å²) < 4.78 is 18.0. The zero-order chi connectivity index (χ0) is 28.3. The maximum atomic E-state index is 6.56. The summed E-state index contributed by atoms with van der Waals surface area (Å²) in [6.45, 7) is 10.5. The first kappa shape index (κ1) is 28.7. The van der Waals surface area contributed by atoms with E-state index in [2.05, 4.69) is 57.5 Å². The van der Waals surface area contributed by atoms with Crippen LogP contribution >= 0.6 is 8.58 Å². The van der Waals surface area contributed by atoms with Crippen LogP contribution in [-0.2, 0) is 9.47 Å². The average Bonchev–Trinajstić information content (AvgIpc) is 3.02. The van der Waals surface area contributed by atoms with Crippen molar-refractivity contribution in [1.82, 2.24) is 20.4 Å². The Balaban J connectivity index is 1.21. The van der Waals surface area contributed by atoms with Gasteiger partial charge in [0.25, 0.3) is 0 Å². The number of nitrogens with zero attached hydrogens (tertiary/aromatic N) is 3. The molecule has 41 heavy (non-hydrogen) atoms. The highest BCUT2D eigenvalue weighted by Gasteiger charge is 2.31. The Labute approximate surface area is 246 Å². The molecule has 3 saturated heterocycles. The highest BCUT2D eigenvalue weighted by atomic mass is 31.1. The molecule has 0 amide bonds. The molecule has 5 heterocycles. The zero-order valence-electron chi connectivity index (χ0n) is 24.9. The van der Waals surface area contributed by atoms with Gasteiger partial charge in [-0.2, -0.15) is 0 Å². The third kappa shape index (κ3) is 6.19. The van der Waals surface area contributed by atoms with Crippen LogP contribution in [0.5, 0.6) is 5.75 Å². The van der Waals surface area contributed by atoms with Crippen molar-refractivity contribution in [3.8, 4) is 5.75 Å². The summed E-state index contributed by atoms with van der Waals surface area (Å²) in [7, 11) is 4.55. The first-order valence-electron chi connectivity index (χ1n) is 15.4. The molecule has 1 aromatic rings. The molecule has 1 aromatic carbocycles. The van der Waals surface area contributed by atoms with Gasteiger partial charge < -0.3 is 40.4 Å². The van der Waals surface area contributed by atoms with Crippen molar-refractivity contribution < 1.29 is 14.2 Å². The van der Waals surface area contributed by atoms with E-state index in [0.717, 1.165) is 85.9 Å². The molecular weight excluding hydrogens is 535 g/mol. The molecule has 0 saturated carbocycles. The molecule has 5 aliphatic rings. The monoisotopic (exact) mass is 582 g/mol. The number of benzene rings is 1. The number of fused-ring (bicyclic) bond motifs is 1. The summed E-state index contributed by atoms with van der Waals surface area (Å²) in [5.74, 6) is 1.76. The van der Waals surface area contributed by atoms with Crippen molar-refractivity contribution in [2.24, 2.45) is 5.73 Å². The Morgan fingerprint density at radius 1 is 1.00 bits per heavy atom. The lowest BCUT2D eigenvalue weighted by Gasteiger charge is -2.42. The summed E-state index contributed by atoms with van der Waals surface area (Å²) in [4.78, 5) is 7.65. The van der Waals surface area contributed by atoms with Crippen molar-refractivity contribution >= 4 is 19.8 Å². The molecule has 0 bridgehead atoms. The lowest BCUT2D eigenvalue weighted by molar-refractivity contribution is -0.00966. The maximum Gasteiger partial charge on any atom is 0.211 e. The lowest BCUT2D eigenvalue weighted by atomic mass is 9.99. The second-order valence-corrected chi connectivity index (χ2v) is 13.0. The molecule has 0 radical (unpaired) electrons. The van der Waals surface area contributed by atoms with Crippen molar-refractivity contribution in [1.29, 1.82) is 0 Å². The third-order valence-corrected chi connectivity index (χ3v) is 10.4. The molecular formula is C31H47N6O3P. The van der Waals surface area contributed by atoms with Crippen molar-refractivity contribution in [3.05, 3.63) is 52.2 Å². The van der Waals surface area contributed by atoms with Gasteiger partial charge in [0, 0.05) is 58.2 Å². The molecule has 1 atom stereocenters. The van der Waals surface area contributed by atoms with Gasteiger partial charge in [-0.05, 0) is 55.7 Å². The minimum absolute atomic E-state index is 0.159. The van der Waals surface area contributed by atoms with Crippen LogP contribution < -0.4 is 26.0 Å². The van der Waals surface area contributed by atoms with Gasteiger partial charge in [-0.3, -0.25) is 4.90 Å². The summed E-state index contributed by atoms with van der Waals surface area (Å²) in [6, 6.07) is 7.43. The predicted molar refractivity (Wildman–Crippen MR) is 167 cm³/mol. The van der Waals surface area contributed by atoms with Gasteiger partial charge in [0.15, 0.2) is 0 Å². The van der Waals surface area contributed by atoms with Gasteiger partial charge in [0.05, 0.1) is 48.5 Å². The minimum atomic E-state index is 0.159. The van der Waals surface area contributed by atoms with E-state index in [1.165, 1.54) is 55.8 Å². The SMILES string of the molecule is CCC1=C(OC2CCOCC2)NC2=C(c3ccc(N4CCC(N5CCN(C)CC5)CC4)c(OC)c3)CPC(N)=C2N1. The molecule has 5 aliphatic heterocycles. The van der Waals surface area contributed by atoms with E-state index in [1.807, 2.05) is 0 Å². The molecule has 0 aromatic heterocycles. The Bertz CT molecular complexity index is 1190. The number of nitrogens with two attached hydrogens (primary N) is 1. The van der Waals surface area contributed by atoms with Gasteiger partial charge in [-0.15, -0.1) is 0 Å². The zero-order valence-corrected chi connectivity index (χ0v) is 25.9. The fourth-order valence-electron chi connectivity index (χ4n) is 6.65. The maximum absolute atomic E-state index is 6.56. The summed E-state index contributed by atoms with van der Waals surface area (Å²) in [5, 5.41) is 7.32. The Kier molecular flexibility index (Phi) is 8.96. The highest BCUT2D eigenvalue weighted by molar-refractivity contribution is 7.43. The number of allylic oxidation sites excluding steroid dienone is 2. The van der Waals surface area contributed by atoms with Crippen molar-refractivity contribution in [2.45, 2.75) is 51.2 Å². The number of methoxy groups -OCH3 is 1. The van der Waals surface area contributed by atoms with E-state index in [0.29, 0.717) is 14.6 Å². The second kappa shape index (κ2) is 12.8. The summed E-state index contributed by atoms with van der Waals surface area (Å²) in [5.41, 5.74) is 14.2. The van der Waals surface area contributed by atoms with Crippen LogP contribution in [0, 0.1) is 0 Å². The number of hydrogen-bond acceptors (Lipinski definition) is 9. The number of ether oxygens (including phenoxy) is 3. The quantitative estimate of drug-likeness (QED) is 0.419. The van der Waals surface area contributed by atoms with Crippen molar-refractivity contribution in [2.75, 3.05) is 77.7 Å². The highest BCUT2D eigenvalue weighted by Crippen LogP contribution is 2.43. The van der Waals surface area contributed by atoms with Gasteiger partial charge in [0.1, 0.15) is 11.9 Å². The van der Waals surface area contributed by atoms with Gasteiger partial charge in [-0.1, -0.05) is 21.6 Å². The first-order valence-corrected chi connectivity index (χ1v) is 16.6. The van der Waals surface area contributed by atoms with E-state index in [4.69, 9.17) is 19.9 Å². The largest absolute Gasteiger partial charge is 0.495 e. The standard InChI is InChI=1S/C31H47N6O3P/c1-4-25-31(40-23-9-17-39-18-10-23)34-28-24(20-41-30(32)29(28)33-25)21-5-6-26(27(19-21)38-3)37-11-7-22(8-12-37)36-15-13-35(2)14-16-36/h5-6,19,22-23,33-34,41H,4,7-18,20,32H2,1-3H3. The van der Waals surface area contributed by atoms with E-state index in [-0.39, 0.29) is 6.10 Å². The first-order chi connectivity index (χ1) is 20.0. The van der Waals surface area contributed by atoms with Crippen LogP contribution in [0.3, 0.4) is 0 Å². The Hall–Kier alpha value is -2.45. The normalized spacial score (nSPS) is 24.4. The molecule has 4 N–H and O–H groups in total. The molecule has 0 spiro atoms. The number of likely N-dealkylation sites (N-methyl/N-ethyl adjacent to an activating group) is 1. The Morgan fingerprint density at radius 3 is 2.46 bits per heavy atom. The molecule has 6 rings (SSSR count). The molecule has 3 fully saturated rings. The number of hydrogen-bond donors (Lipinski definition) is 3. The van der Waals surface area contributed by atoms with Crippen LogP contribution in [0.15, 0.2) is 46.6 Å². The number of rotatable bonds is 7. The number of piperazine rings is 1. The molecule has 224 valence electrons. The van der Waals surface area contributed by atoms with Gasteiger partial charge in [0.2, 0.25) is 5.88 Å². The van der Waals surface area contributed by atoms with Crippen LogP contribution in [0.4, 0.5) is 5.69 Å². The Morgan fingerprint density at radius 2 is 1.76 bits per heavy atom. The van der Waals surface area contributed by atoms with Crippen LogP contribution in [0.1, 0.15) is 44.6 Å². The van der Waals surface area contributed by atoms with Crippen LogP contribution in [-0.4, -0.2) is 94.7 Å². The second-order valence-electron chi connectivity index (χ2n) is 11.8. The fourth-order valence-corrected chi connectivity index (χ4v) is 7.76. The molecule has 1 unspecified atom stereocenters. The molecule has 9 nitrogen and oxygen atoms in total. The summed E-state index contributed by atoms with van der Waals surface area (Å²) >= 11 is 0. The van der Waals surface area contributed by atoms with E-state index >= 15 is 0 Å². The van der Waals surface area contributed by atoms with E-state index in [9.17, 15) is 0 Å². The lowest BCUT2D eigenvalue weighted by Crippen LogP contribution is -2.52. The summed E-state index contributed by atoms with van der Waals surface area (Å²) in [6.07, 6.45) is 6.11. The van der Waals surface area contributed by atoms with Crippen LogP contribution in [0.2, 0.25) is 0 Å². The average molecular weight is 583 g/mol. The van der Waals surface area contributed by atoms with E-state index in [1.54, 1.807) is 7.11 Å². The fraction of sp³-hybridized carbons (Fsp3) is 0.613. The predicted octanol–water partition coefficient (Wildman–Crippen LogP) is 3.41. The number of piperidine rings is 1. The van der Waals surface area contributed by atoms with Crippen LogP contribution in [0.25, 0.3) is 5.57 Å². The number of nitrogens with one attached hydrogen (secondary N) is 2. The van der Waals surface area contributed by atoms with Gasteiger partial charge in [-0.25, -0.2) is 0 Å². The number of anilines is 1. The molecule has 0 aliphatic carbocycles. The van der Waals surface area contributed by atoms with E-state index < -0.39 is 0 Å². The third-order valence-electron chi connectivity index (χ3n) is 9.26.